The summed E-state index contributed by atoms with van der Waals surface area (Å²) in [6.07, 6.45) is 1.57. The van der Waals surface area contributed by atoms with Gasteiger partial charge in [-0.15, -0.1) is 0 Å². The Morgan fingerprint density at radius 2 is 1.54 bits per heavy atom. The molecule has 1 aliphatic heterocycles. The molecule has 4 rings (SSSR count). The molecule has 2 aromatic carbocycles. The molecule has 244 valence electrons. The number of hydrogen-bond donors (Lipinski definition) is 3. The Bertz CT molecular complexity index is 1650. The average Bonchev–Trinajstić information content (AvgIpc) is 3.02. The first kappa shape index (κ1) is 36.3. The van der Waals surface area contributed by atoms with Crippen molar-refractivity contribution in [1.29, 1.82) is 0 Å². The van der Waals surface area contributed by atoms with Crippen LogP contribution < -0.4 is 14.9 Å². The van der Waals surface area contributed by atoms with Crippen LogP contribution in [-0.4, -0.2) is 94.3 Å². The van der Waals surface area contributed by atoms with E-state index in [4.69, 9.17) is 0 Å². The molecule has 13 heteroatoms. The summed E-state index contributed by atoms with van der Waals surface area (Å²) in [5.41, 5.74) is 4.90. The number of nitrogens with zero attached hydrogens (tertiary/aromatic N) is 4. The van der Waals surface area contributed by atoms with E-state index in [1.54, 1.807) is 32.2 Å². The lowest BCUT2D eigenvalue weighted by Crippen LogP contribution is -2.55. The van der Waals surface area contributed by atoms with Crippen molar-refractivity contribution in [2.75, 3.05) is 45.2 Å². The van der Waals surface area contributed by atoms with E-state index in [0.717, 1.165) is 23.4 Å². The summed E-state index contributed by atoms with van der Waals surface area (Å²) in [5, 5.41) is 12.3. The Kier molecular flexibility index (Phi) is 12.9. The zero-order chi connectivity index (χ0) is 32.6. The summed E-state index contributed by atoms with van der Waals surface area (Å²) in [4.78, 5) is 32.6. The summed E-state index contributed by atoms with van der Waals surface area (Å²) >= 11 is 0. The summed E-state index contributed by atoms with van der Waals surface area (Å²) in [6, 6.07) is 18.0. The number of aliphatic carboxylic acids is 1. The molecule has 1 aliphatic rings. The first-order valence-electron chi connectivity index (χ1n) is 14.8. The highest BCUT2D eigenvalue weighted by Crippen LogP contribution is 2.19. The number of anilines is 1. The maximum atomic E-state index is 12.8. The summed E-state index contributed by atoms with van der Waals surface area (Å²) in [7, 11) is 0.123. The van der Waals surface area contributed by atoms with Crippen molar-refractivity contribution in [3.05, 3.63) is 94.8 Å². The molecular weight excluding hydrogens is 603 g/mol. The number of carboxylic acids is 1. The highest BCUT2D eigenvalue weighted by molar-refractivity contribution is 7.87. The number of carboxylic acid groups (broad SMARTS) is 1. The Balaban J connectivity index is 0.00000576. The van der Waals surface area contributed by atoms with Crippen LogP contribution in [0.5, 0.6) is 0 Å². The van der Waals surface area contributed by atoms with Gasteiger partial charge in [-0.1, -0.05) is 50.0 Å². The number of pyridine rings is 1. The molecule has 3 N–H and O–H groups in total. The summed E-state index contributed by atoms with van der Waals surface area (Å²) < 4.78 is 29.1. The molecule has 0 saturated carbocycles. The molecule has 0 spiro atoms. The van der Waals surface area contributed by atoms with Crippen molar-refractivity contribution in [3.8, 4) is 11.8 Å². The van der Waals surface area contributed by atoms with Crippen molar-refractivity contribution in [3.63, 3.8) is 0 Å². The molecule has 1 amide bonds. The number of carbonyl (C=O) groups is 2. The maximum absolute atomic E-state index is 12.8. The zero-order valence-corrected chi connectivity index (χ0v) is 26.8. The number of nitrogens with one attached hydrogen (secondary N) is 2. The van der Waals surface area contributed by atoms with Crippen LogP contribution in [0.2, 0.25) is 0 Å². The predicted octanol–water partition coefficient (Wildman–Crippen LogP) is 1.35. The molecule has 11 nitrogen and oxygen atoms in total. The minimum Gasteiger partial charge on any atom is -0.480 e. The van der Waals surface area contributed by atoms with Gasteiger partial charge in [0.25, 0.3) is 16.1 Å². The van der Waals surface area contributed by atoms with Crippen LogP contribution in [0, 0.1) is 17.8 Å². The van der Waals surface area contributed by atoms with Gasteiger partial charge in [0.05, 0.1) is 8.41 Å². The molecule has 2 heterocycles. The summed E-state index contributed by atoms with van der Waals surface area (Å²) in [5.74, 6) is 4.37. The molecule has 0 aliphatic carbocycles. The van der Waals surface area contributed by atoms with Gasteiger partial charge in [-0.3, -0.25) is 14.6 Å². The lowest BCUT2D eigenvalue weighted by atomic mass is 10.1. The van der Waals surface area contributed by atoms with E-state index >= 15 is 0 Å². The third-order valence-electron chi connectivity index (χ3n) is 7.34. The number of aromatic nitrogens is 1. The fraction of sp³-hybridized carbons (Fsp3) is 0.364. The molecule has 46 heavy (non-hydrogen) atoms. The smallest absolute Gasteiger partial charge is 0.322 e. The largest absolute Gasteiger partial charge is 0.480 e. The van der Waals surface area contributed by atoms with Gasteiger partial charge in [0.1, 0.15) is 11.7 Å². The molecule has 1 atom stereocenters. The molecular formula is C33H43BN6O5S. The van der Waals surface area contributed by atoms with Crippen LogP contribution in [0.4, 0.5) is 5.69 Å². The lowest BCUT2D eigenvalue weighted by molar-refractivity contribution is -0.140. The van der Waals surface area contributed by atoms with E-state index in [2.05, 4.69) is 48.8 Å². The van der Waals surface area contributed by atoms with E-state index in [0.29, 0.717) is 30.9 Å². The third-order valence-corrected chi connectivity index (χ3v) is 8.93. The van der Waals surface area contributed by atoms with Crippen LogP contribution >= 0.6 is 0 Å². The average molecular weight is 647 g/mol. The first-order valence-corrected chi connectivity index (χ1v) is 16.2. The van der Waals surface area contributed by atoms with Crippen LogP contribution in [-0.2, 0) is 28.1 Å². The second-order valence-electron chi connectivity index (χ2n) is 11.5. The second-order valence-corrected chi connectivity index (χ2v) is 13.2. The minimum atomic E-state index is -3.92. The SMILES string of the molecule is B.CC(C)[C@@H](NS(=O)(=O)N1CCN(c2ccc(C#Cc3ccnc(C(=O)NCc4ccc(CN(C)C)cc4)c3)cc2)CC1)C(=O)O. The van der Waals surface area contributed by atoms with Crippen LogP contribution in [0.1, 0.15) is 46.6 Å². The molecule has 1 aromatic heterocycles. The second kappa shape index (κ2) is 16.4. The minimum absolute atomic E-state index is 0. The van der Waals surface area contributed by atoms with Crippen LogP contribution in [0.15, 0.2) is 66.9 Å². The van der Waals surface area contributed by atoms with E-state index < -0.39 is 22.2 Å². The first-order chi connectivity index (χ1) is 21.4. The third kappa shape index (κ3) is 10.2. The maximum Gasteiger partial charge on any atom is 0.322 e. The van der Waals surface area contributed by atoms with Gasteiger partial charge in [-0.05, 0) is 67.5 Å². The van der Waals surface area contributed by atoms with Crippen molar-refractivity contribution >= 4 is 36.2 Å². The molecule has 3 aromatic rings. The molecule has 0 radical (unpaired) electrons. The highest BCUT2D eigenvalue weighted by Gasteiger charge is 2.33. The van der Waals surface area contributed by atoms with Crippen molar-refractivity contribution in [2.45, 2.75) is 33.0 Å². The Morgan fingerprint density at radius 3 is 2.13 bits per heavy atom. The number of piperazine rings is 1. The Hall–Kier alpha value is -4.22. The Morgan fingerprint density at radius 1 is 0.935 bits per heavy atom. The van der Waals surface area contributed by atoms with Gasteiger partial charge in [0.15, 0.2) is 0 Å². The lowest BCUT2D eigenvalue weighted by Gasteiger charge is -2.36. The normalized spacial score (nSPS) is 14.3. The summed E-state index contributed by atoms with van der Waals surface area (Å²) in [6.45, 7) is 5.99. The molecule has 0 bridgehead atoms. The van der Waals surface area contributed by atoms with Gasteiger partial charge < -0.3 is 20.2 Å². The highest BCUT2D eigenvalue weighted by atomic mass is 32.2. The number of carbonyl (C=O) groups excluding carboxylic acids is 1. The van der Waals surface area contributed by atoms with Gasteiger partial charge in [-0.2, -0.15) is 17.4 Å². The van der Waals surface area contributed by atoms with Crippen LogP contribution in [0.3, 0.4) is 0 Å². The van der Waals surface area contributed by atoms with Crippen molar-refractivity contribution < 1.29 is 23.1 Å². The van der Waals surface area contributed by atoms with Gasteiger partial charge in [0.2, 0.25) is 0 Å². The van der Waals surface area contributed by atoms with Crippen LogP contribution in [0.25, 0.3) is 0 Å². The quantitative estimate of drug-likeness (QED) is 0.210. The monoisotopic (exact) mass is 646 g/mol. The fourth-order valence-electron chi connectivity index (χ4n) is 4.83. The van der Waals surface area contributed by atoms with Crippen molar-refractivity contribution in [1.82, 2.24) is 24.2 Å². The topological polar surface area (TPSA) is 135 Å². The van der Waals surface area contributed by atoms with Gasteiger partial charge in [-0.25, -0.2) is 0 Å². The van der Waals surface area contributed by atoms with E-state index in [1.807, 2.05) is 50.5 Å². The number of rotatable bonds is 11. The number of amides is 1. The number of hydrogen-bond acceptors (Lipinski definition) is 7. The Labute approximate surface area is 273 Å². The van der Waals surface area contributed by atoms with E-state index in [1.165, 1.54) is 9.87 Å². The van der Waals surface area contributed by atoms with E-state index in [9.17, 15) is 23.1 Å². The molecule has 1 saturated heterocycles. The predicted molar refractivity (Wildman–Crippen MR) is 184 cm³/mol. The molecule has 0 unspecified atom stereocenters. The standard InChI is InChI=1S/C33H40N6O5S.BH3/c1-24(2)31(33(41)42)36-45(43,44)39-19-17-38(18-20-39)29-13-11-25(12-14-29)5-6-26-15-16-34-30(21-26)32(40)35-22-27-7-9-28(10-8-27)23-37(3)4;/h7-16,21,24,31,36H,17-20,22-23H2,1-4H3,(H,35,40)(H,41,42);1H3/t31-;/m1./s1. The zero-order valence-electron chi connectivity index (χ0n) is 26.0. The van der Waals surface area contributed by atoms with Gasteiger partial charge >= 0.3 is 5.97 Å². The van der Waals surface area contributed by atoms with E-state index in [-0.39, 0.29) is 33.3 Å². The van der Waals surface area contributed by atoms with Crippen molar-refractivity contribution in [2.24, 2.45) is 5.92 Å². The number of benzene rings is 2. The fourth-order valence-corrected chi connectivity index (χ4v) is 6.31. The van der Waals surface area contributed by atoms with Gasteiger partial charge in [0, 0.05) is 62.3 Å². The molecule has 1 fully saturated rings.